The van der Waals surface area contributed by atoms with Crippen LogP contribution < -0.4 is 5.73 Å². The van der Waals surface area contributed by atoms with Crippen molar-refractivity contribution < 1.29 is 4.74 Å². The van der Waals surface area contributed by atoms with Gasteiger partial charge in [-0.05, 0) is 13.0 Å². The van der Waals surface area contributed by atoms with Crippen molar-refractivity contribution in [2.75, 3.05) is 26.2 Å². The normalized spacial score (nSPS) is 24.2. The molecule has 2 atom stereocenters. The predicted molar refractivity (Wildman–Crippen MR) is 60.8 cm³/mol. The van der Waals surface area contributed by atoms with Crippen molar-refractivity contribution in [2.24, 2.45) is 5.73 Å². The van der Waals surface area contributed by atoms with Crippen molar-refractivity contribution in [1.29, 1.82) is 0 Å². The van der Waals surface area contributed by atoms with Gasteiger partial charge >= 0.3 is 0 Å². The SMILES string of the molecule is CC1CN(C(CN)c2ccncn2)CCO1. The highest BCUT2D eigenvalue weighted by Gasteiger charge is 2.25. The molecule has 1 aromatic heterocycles. The molecule has 0 amide bonds. The van der Waals surface area contributed by atoms with Crippen molar-refractivity contribution in [3.05, 3.63) is 24.3 Å². The van der Waals surface area contributed by atoms with Gasteiger partial charge in [0.25, 0.3) is 0 Å². The van der Waals surface area contributed by atoms with E-state index >= 15 is 0 Å². The molecule has 88 valence electrons. The molecule has 2 unspecified atom stereocenters. The van der Waals surface area contributed by atoms with E-state index in [0.717, 1.165) is 25.4 Å². The molecule has 2 rings (SSSR count). The Morgan fingerprint density at radius 3 is 3.19 bits per heavy atom. The van der Waals surface area contributed by atoms with Crippen LogP contribution in [0, 0.1) is 0 Å². The van der Waals surface area contributed by atoms with Crippen LogP contribution in [0.15, 0.2) is 18.6 Å². The predicted octanol–water partition coefficient (Wildman–Crippen LogP) is 0.197. The molecule has 1 aliphatic heterocycles. The second-order valence-corrected chi connectivity index (χ2v) is 4.06. The van der Waals surface area contributed by atoms with Crippen LogP contribution in [0.2, 0.25) is 0 Å². The number of nitrogens with zero attached hydrogens (tertiary/aromatic N) is 3. The Balaban J connectivity index is 2.10. The fraction of sp³-hybridized carbons (Fsp3) is 0.636. The highest BCUT2D eigenvalue weighted by molar-refractivity contribution is 5.06. The Hall–Kier alpha value is -1.04. The zero-order chi connectivity index (χ0) is 11.4. The minimum atomic E-state index is 0.175. The van der Waals surface area contributed by atoms with E-state index in [4.69, 9.17) is 10.5 Å². The molecule has 2 N–H and O–H groups in total. The van der Waals surface area contributed by atoms with Crippen LogP contribution >= 0.6 is 0 Å². The Bertz CT molecular complexity index is 319. The van der Waals surface area contributed by atoms with Crippen LogP contribution in [0.1, 0.15) is 18.7 Å². The number of rotatable bonds is 3. The molecular weight excluding hydrogens is 204 g/mol. The molecule has 0 aromatic carbocycles. The second-order valence-electron chi connectivity index (χ2n) is 4.06. The van der Waals surface area contributed by atoms with Crippen LogP contribution in [-0.4, -0.2) is 47.2 Å². The van der Waals surface area contributed by atoms with Crippen molar-refractivity contribution in [3.8, 4) is 0 Å². The Labute approximate surface area is 95.6 Å². The molecule has 0 aliphatic carbocycles. The molecule has 0 saturated carbocycles. The van der Waals surface area contributed by atoms with E-state index in [2.05, 4.69) is 21.8 Å². The van der Waals surface area contributed by atoms with Gasteiger partial charge < -0.3 is 10.5 Å². The third-order valence-electron chi connectivity index (χ3n) is 2.88. The maximum atomic E-state index is 5.84. The zero-order valence-electron chi connectivity index (χ0n) is 9.54. The summed E-state index contributed by atoms with van der Waals surface area (Å²) in [7, 11) is 0. The maximum absolute atomic E-state index is 5.84. The maximum Gasteiger partial charge on any atom is 0.115 e. The third-order valence-corrected chi connectivity index (χ3v) is 2.88. The zero-order valence-corrected chi connectivity index (χ0v) is 9.54. The lowest BCUT2D eigenvalue weighted by Gasteiger charge is -2.36. The van der Waals surface area contributed by atoms with E-state index in [1.807, 2.05) is 6.07 Å². The number of ether oxygens (including phenoxy) is 1. The van der Waals surface area contributed by atoms with E-state index in [0.29, 0.717) is 6.54 Å². The first-order chi connectivity index (χ1) is 7.81. The summed E-state index contributed by atoms with van der Waals surface area (Å²) in [4.78, 5) is 10.5. The minimum absolute atomic E-state index is 0.175. The fourth-order valence-corrected chi connectivity index (χ4v) is 2.08. The summed E-state index contributed by atoms with van der Waals surface area (Å²) in [5.41, 5.74) is 6.83. The van der Waals surface area contributed by atoms with Crippen molar-refractivity contribution in [2.45, 2.75) is 19.1 Å². The van der Waals surface area contributed by atoms with E-state index in [1.54, 1.807) is 12.5 Å². The lowest BCUT2D eigenvalue weighted by Crippen LogP contribution is -2.45. The van der Waals surface area contributed by atoms with Crippen LogP contribution in [0.3, 0.4) is 0 Å². The van der Waals surface area contributed by atoms with E-state index < -0.39 is 0 Å². The molecule has 1 saturated heterocycles. The molecule has 5 nitrogen and oxygen atoms in total. The van der Waals surface area contributed by atoms with Crippen LogP contribution in [-0.2, 0) is 4.74 Å². The van der Waals surface area contributed by atoms with Gasteiger partial charge in [-0.25, -0.2) is 9.97 Å². The molecule has 0 spiro atoms. The molecule has 1 aliphatic rings. The fourth-order valence-electron chi connectivity index (χ4n) is 2.08. The first kappa shape index (κ1) is 11.4. The van der Waals surface area contributed by atoms with Gasteiger partial charge in [0, 0.05) is 25.8 Å². The van der Waals surface area contributed by atoms with E-state index in [1.165, 1.54) is 0 Å². The van der Waals surface area contributed by atoms with Gasteiger partial charge in [0.1, 0.15) is 6.33 Å². The Morgan fingerprint density at radius 2 is 2.56 bits per heavy atom. The van der Waals surface area contributed by atoms with Crippen LogP contribution in [0.25, 0.3) is 0 Å². The lowest BCUT2D eigenvalue weighted by molar-refractivity contribution is -0.0338. The quantitative estimate of drug-likeness (QED) is 0.791. The van der Waals surface area contributed by atoms with Gasteiger partial charge in [0.15, 0.2) is 0 Å². The summed E-state index contributed by atoms with van der Waals surface area (Å²) in [5, 5.41) is 0. The molecule has 2 heterocycles. The van der Waals surface area contributed by atoms with Crippen molar-refractivity contribution in [3.63, 3.8) is 0 Å². The number of morpholine rings is 1. The summed E-state index contributed by atoms with van der Waals surface area (Å²) in [6, 6.07) is 2.10. The average molecular weight is 222 g/mol. The Morgan fingerprint density at radius 1 is 1.69 bits per heavy atom. The monoisotopic (exact) mass is 222 g/mol. The molecule has 0 radical (unpaired) electrons. The third kappa shape index (κ3) is 2.55. The number of hydrogen-bond acceptors (Lipinski definition) is 5. The summed E-state index contributed by atoms with van der Waals surface area (Å²) in [6.45, 7) is 5.24. The van der Waals surface area contributed by atoms with Crippen molar-refractivity contribution in [1.82, 2.24) is 14.9 Å². The lowest BCUT2D eigenvalue weighted by atomic mass is 10.1. The number of hydrogen-bond donors (Lipinski definition) is 1. The highest BCUT2D eigenvalue weighted by atomic mass is 16.5. The topological polar surface area (TPSA) is 64.3 Å². The standard InChI is InChI=1S/C11H18N4O/c1-9-7-15(4-5-16-9)11(6-12)10-2-3-13-8-14-10/h2-3,8-9,11H,4-7,12H2,1H3. The largest absolute Gasteiger partial charge is 0.376 e. The molecule has 0 bridgehead atoms. The van der Waals surface area contributed by atoms with Crippen molar-refractivity contribution >= 4 is 0 Å². The van der Waals surface area contributed by atoms with Gasteiger partial charge in [-0.3, -0.25) is 4.90 Å². The Kier molecular flexibility index (Phi) is 3.82. The highest BCUT2D eigenvalue weighted by Crippen LogP contribution is 2.19. The van der Waals surface area contributed by atoms with Gasteiger partial charge in [0.05, 0.1) is 24.4 Å². The van der Waals surface area contributed by atoms with Crippen LogP contribution in [0.4, 0.5) is 0 Å². The summed E-state index contributed by atoms with van der Waals surface area (Å²) in [5.74, 6) is 0. The number of aromatic nitrogens is 2. The average Bonchev–Trinajstić information content (AvgIpc) is 2.31. The summed E-state index contributed by atoms with van der Waals surface area (Å²) < 4.78 is 5.52. The number of nitrogens with two attached hydrogens (primary N) is 1. The van der Waals surface area contributed by atoms with E-state index in [-0.39, 0.29) is 12.1 Å². The molecule has 5 heteroatoms. The van der Waals surface area contributed by atoms with E-state index in [9.17, 15) is 0 Å². The smallest absolute Gasteiger partial charge is 0.115 e. The molecule has 16 heavy (non-hydrogen) atoms. The molecule has 1 aromatic rings. The molecular formula is C11H18N4O. The van der Waals surface area contributed by atoms with Gasteiger partial charge in [-0.15, -0.1) is 0 Å². The van der Waals surface area contributed by atoms with Gasteiger partial charge in [-0.2, -0.15) is 0 Å². The van der Waals surface area contributed by atoms with Crippen LogP contribution in [0.5, 0.6) is 0 Å². The minimum Gasteiger partial charge on any atom is -0.376 e. The summed E-state index contributed by atoms with van der Waals surface area (Å²) >= 11 is 0. The first-order valence-corrected chi connectivity index (χ1v) is 5.63. The van der Waals surface area contributed by atoms with Gasteiger partial charge in [-0.1, -0.05) is 0 Å². The first-order valence-electron chi connectivity index (χ1n) is 5.63. The summed E-state index contributed by atoms with van der Waals surface area (Å²) in [6.07, 6.45) is 3.60. The van der Waals surface area contributed by atoms with Gasteiger partial charge in [0.2, 0.25) is 0 Å². The second kappa shape index (κ2) is 5.34. The molecule has 1 fully saturated rings.